The van der Waals surface area contributed by atoms with Crippen molar-refractivity contribution in [3.63, 3.8) is 0 Å². The molecule has 17 heavy (non-hydrogen) atoms. The van der Waals surface area contributed by atoms with Crippen molar-refractivity contribution in [1.29, 1.82) is 0 Å². The van der Waals surface area contributed by atoms with E-state index in [0.29, 0.717) is 0 Å². The Kier molecular flexibility index (Phi) is 20.2. The summed E-state index contributed by atoms with van der Waals surface area (Å²) in [5.41, 5.74) is 0. The normalized spacial score (nSPS) is 11.0. The first-order valence-electron chi connectivity index (χ1n) is 5.75. The van der Waals surface area contributed by atoms with Gasteiger partial charge in [0.05, 0.1) is 0 Å². The van der Waals surface area contributed by atoms with Crippen LogP contribution in [0.4, 0.5) is 0 Å². The van der Waals surface area contributed by atoms with E-state index in [1.807, 2.05) is 0 Å². The fourth-order valence-electron chi connectivity index (χ4n) is 0. The predicted molar refractivity (Wildman–Crippen MR) is 92.0 cm³/mol. The Balaban J connectivity index is -0.0000000693. The third-order valence-corrected chi connectivity index (χ3v) is 0. The Hall–Kier alpha value is 1.65. The Morgan fingerprint density at radius 1 is 0.529 bits per heavy atom. The molecule has 0 unspecified atom stereocenters. The van der Waals surface area contributed by atoms with Gasteiger partial charge in [0.25, 0.3) is 0 Å². The van der Waals surface area contributed by atoms with Gasteiger partial charge in [0.15, 0.2) is 0 Å². The third-order valence-electron chi connectivity index (χ3n) is 0. The van der Waals surface area contributed by atoms with Gasteiger partial charge in [0.1, 0.15) is 0 Å². The predicted octanol–water partition coefficient (Wildman–Crippen LogP) is 5.78. The molecule has 0 aromatic heterocycles. The summed E-state index contributed by atoms with van der Waals surface area (Å²) < 4.78 is 0. The van der Waals surface area contributed by atoms with Gasteiger partial charge >= 0.3 is 28.7 Å². The average molecular weight is 345 g/mol. The third kappa shape index (κ3) is 1580. The van der Waals surface area contributed by atoms with Gasteiger partial charge in [-0.1, -0.05) is 58.9 Å². The Morgan fingerprint density at radius 2 is 0.529 bits per heavy atom. The van der Waals surface area contributed by atoms with Gasteiger partial charge in [-0.3, -0.25) is 0 Å². The molecule has 0 nitrogen and oxygen atoms in total. The van der Waals surface area contributed by atoms with E-state index >= 15 is 0 Å². The molecule has 0 heterocycles. The molecule has 0 amide bonds. The van der Waals surface area contributed by atoms with Crippen LogP contribution in [0.3, 0.4) is 0 Å². The number of hydrogen-bond acceptors (Lipinski definition) is 0. The molecule has 0 aromatic carbocycles. The summed E-state index contributed by atoms with van der Waals surface area (Å²) in [4.78, 5) is 0. The quantitative estimate of drug-likeness (QED) is 0.386. The summed E-state index contributed by atoms with van der Waals surface area (Å²) in [5, 5.41) is 0. The number of rotatable bonds is 0. The molecule has 5 heteroatoms. The molecule has 0 bridgehead atoms. The summed E-state index contributed by atoms with van der Waals surface area (Å²) in [6, 6.07) is 0. The van der Waals surface area contributed by atoms with Crippen LogP contribution in [0.1, 0.15) is 0 Å². The molecule has 0 aliphatic heterocycles. The standard InChI is InChI=1S/3C4H11Si.ClH.Ti/c3*1-5(2,3)4;;/h3*1H2,2-4H3;1H;/q3*-1;;+4/p-1. The first-order valence-corrected chi connectivity index (χ1v) is 19.0. The summed E-state index contributed by atoms with van der Waals surface area (Å²) >= 11 is 1.47. The van der Waals surface area contributed by atoms with Crippen LogP contribution < -0.4 is 0 Å². The maximum absolute atomic E-state index is 4.64. The topological polar surface area (TPSA) is 0 Å². The summed E-state index contributed by atoms with van der Waals surface area (Å²) in [7, 11) is 2.06. The molecule has 104 valence electrons. The first-order chi connectivity index (χ1) is 7.00. The van der Waals surface area contributed by atoms with Gasteiger partial charge in [-0.05, 0) is 0 Å². The van der Waals surface area contributed by atoms with Crippen LogP contribution in [-0.2, 0) is 19.4 Å². The summed E-state index contributed by atoms with van der Waals surface area (Å²) in [6.45, 7) is 31.7. The molecule has 0 aromatic rings. The molecule has 0 aliphatic carbocycles. The molecule has 0 radical (unpaired) electrons. The van der Waals surface area contributed by atoms with Crippen molar-refractivity contribution in [2.75, 3.05) is 0 Å². The van der Waals surface area contributed by atoms with Crippen LogP contribution in [0.5, 0.6) is 0 Å². The summed E-state index contributed by atoms with van der Waals surface area (Å²) in [5.74, 6) is 0. The van der Waals surface area contributed by atoms with Crippen LogP contribution >= 0.6 is 9.30 Å². The van der Waals surface area contributed by atoms with E-state index in [1.165, 1.54) is 19.4 Å². The van der Waals surface area contributed by atoms with Crippen LogP contribution in [0.15, 0.2) is 0 Å². The van der Waals surface area contributed by atoms with Crippen molar-refractivity contribution in [2.24, 2.45) is 0 Å². The van der Waals surface area contributed by atoms with Crippen molar-refractivity contribution < 1.29 is 19.4 Å². The van der Waals surface area contributed by atoms with E-state index < -0.39 is 24.2 Å². The molecule has 0 saturated carbocycles. The Morgan fingerprint density at radius 3 is 0.529 bits per heavy atom. The van der Waals surface area contributed by atoms with Crippen molar-refractivity contribution >= 4 is 33.5 Å². The first kappa shape index (κ1) is 27.1. The van der Waals surface area contributed by atoms with Crippen LogP contribution in [-0.4, -0.2) is 24.2 Å². The number of halogens is 1. The van der Waals surface area contributed by atoms with Crippen LogP contribution in [0.25, 0.3) is 0 Å². The van der Waals surface area contributed by atoms with Crippen LogP contribution in [0, 0.1) is 19.6 Å². The molecule has 0 saturated heterocycles. The summed E-state index contributed by atoms with van der Waals surface area (Å²) in [6.07, 6.45) is 0. The van der Waals surface area contributed by atoms with Crippen molar-refractivity contribution in [2.45, 2.75) is 58.9 Å². The minimum absolute atomic E-state index is 0.861. The average Bonchev–Trinajstić information content (AvgIpc) is 1.77. The second-order valence-electron chi connectivity index (χ2n) is 7.68. The fraction of sp³-hybridized carbons (Fsp3) is 0.750. The van der Waals surface area contributed by atoms with E-state index in [-0.39, 0.29) is 0 Å². The monoisotopic (exact) mass is 344 g/mol. The van der Waals surface area contributed by atoms with Crippen molar-refractivity contribution in [3.05, 3.63) is 19.6 Å². The zero-order valence-electron chi connectivity index (χ0n) is 13.5. The molecule has 0 spiro atoms. The van der Waals surface area contributed by atoms with Gasteiger partial charge in [-0.2, -0.15) is 0 Å². The number of hydrogen-bond donors (Lipinski definition) is 0. The minimum atomic E-state index is -0.861. The van der Waals surface area contributed by atoms with Crippen molar-refractivity contribution in [3.8, 4) is 0 Å². The van der Waals surface area contributed by atoms with Gasteiger partial charge in [0, 0.05) is 0 Å². The zero-order valence-corrected chi connectivity index (χ0v) is 18.8. The van der Waals surface area contributed by atoms with E-state index in [2.05, 4.69) is 87.9 Å². The molecule has 0 fully saturated rings. The maximum atomic E-state index is 4.64. The van der Waals surface area contributed by atoms with E-state index in [9.17, 15) is 0 Å². The van der Waals surface area contributed by atoms with Gasteiger partial charge in [-0.25, -0.2) is 0 Å². The second-order valence-corrected chi connectivity index (χ2v) is 23.0. The molecule has 0 rings (SSSR count). The molecule has 0 atom stereocenters. The molecule has 0 N–H and O–H groups in total. The SMILES string of the molecule is [CH2-][Si](C)(C)C.[CH2-][Si](C)(C)C.[CH2-][Si](C)(C)C.[Cl][Ti+3]. The molecule has 0 aliphatic rings. The molecular weight excluding hydrogens is 312 g/mol. The fourth-order valence-corrected chi connectivity index (χ4v) is 0. The molecular formula is C12H33ClSi3Ti. The van der Waals surface area contributed by atoms with Crippen LogP contribution in [0.2, 0.25) is 58.9 Å². The van der Waals surface area contributed by atoms with Gasteiger partial charge in [-0.15, -0.1) is 24.2 Å². The van der Waals surface area contributed by atoms with Gasteiger partial charge < -0.3 is 19.6 Å². The zero-order chi connectivity index (χ0) is 15.5. The van der Waals surface area contributed by atoms with Crippen molar-refractivity contribution in [1.82, 2.24) is 0 Å². The van der Waals surface area contributed by atoms with E-state index in [1.54, 1.807) is 0 Å². The Bertz CT molecular complexity index is 96.8. The second kappa shape index (κ2) is 12.7. The van der Waals surface area contributed by atoms with E-state index in [0.717, 1.165) is 0 Å². The Labute approximate surface area is 131 Å². The van der Waals surface area contributed by atoms with Gasteiger partial charge in [0.2, 0.25) is 0 Å². The van der Waals surface area contributed by atoms with E-state index in [4.69, 9.17) is 0 Å².